The summed E-state index contributed by atoms with van der Waals surface area (Å²) in [7, 11) is 0. The second-order valence-electron chi connectivity index (χ2n) is 6.61. The maximum atomic E-state index is 13.8. The minimum Gasteiger partial charge on any atom is -0.322 e. The largest absolute Gasteiger partial charge is 0.332 e. The van der Waals surface area contributed by atoms with E-state index in [4.69, 9.17) is 11.6 Å². The van der Waals surface area contributed by atoms with Gasteiger partial charge in [-0.2, -0.15) is 0 Å². The van der Waals surface area contributed by atoms with Crippen molar-refractivity contribution in [1.82, 2.24) is 4.90 Å². The fraction of sp³-hybridized carbons (Fsp3) is 0.150. The summed E-state index contributed by atoms with van der Waals surface area (Å²) in [6.07, 6.45) is 1.67. The molecule has 2 heterocycles. The van der Waals surface area contributed by atoms with Gasteiger partial charge < -0.3 is 10.2 Å². The van der Waals surface area contributed by atoms with Gasteiger partial charge in [-0.15, -0.1) is 11.8 Å². The highest BCUT2D eigenvalue weighted by Crippen LogP contribution is 2.36. The lowest BCUT2D eigenvalue weighted by atomic mass is 10.1. The minimum atomic E-state index is -0.932. The molecular weight excluding hydrogens is 436 g/mol. The van der Waals surface area contributed by atoms with Crippen LogP contribution in [0.1, 0.15) is 0 Å². The summed E-state index contributed by atoms with van der Waals surface area (Å²) in [5.41, 5.74) is 0.0833. The fourth-order valence-electron chi connectivity index (χ4n) is 3.30. The number of halogens is 3. The smallest absolute Gasteiger partial charge is 0.322 e. The summed E-state index contributed by atoms with van der Waals surface area (Å²) in [4.78, 5) is 40.8. The Balaban J connectivity index is 1.59. The predicted molar refractivity (Wildman–Crippen MR) is 110 cm³/mol. The minimum absolute atomic E-state index is 0.207. The molecule has 2 atom stereocenters. The Morgan fingerprint density at radius 3 is 2.70 bits per heavy atom. The van der Waals surface area contributed by atoms with Gasteiger partial charge in [-0.3, -0.25) is 9.59 Å². The maximum Gasteiger partial charge on any atom is 0.332 e. The van der Waals surface area contributed by atoms with Crippen molar-refractivity contribution in [3.8, 4) is 0 Å². The van der Waals surface area contributed by atoms with E-state index in [1.54, 1.807) is 29.7 Å². The molecule has 1 saturated heterocycles. The molecule has 4 rings (SSSR count). The highest BCUT2D eigenvalue weighted by Gasteiger charge is 2.48. The average Bonchev–Trinajstić information content (AvgIpc) is 3.18. The third-order valence-electron chi connectivity index (χ3n) is 4.66. The molecule has 154 valence electrons. The SMILES string of the molecule is O=C(CN1C(=O)N(c2cccc(Cl)c2)C(=O)C2SC=CC21)Nc1ccc(F)cc1F. The lowest BCUT2D eigenvalue weighted by Gasteiger charge is -2.40. The van der Waals surface area contributed by atoms with Crippen molar-refractivity contribution in [3.63, 3.8) is 0 Å². The Morgan fingerprint density at radius 2 is 1.97 bits per heavy atom. The number of rotatable bonds is 4. The summed E-state index contributed by atoms with van der Waals surface area (Å²) in [6, 6.07) is 7.72. The van der Waals surface area contributed by atoms with Crippen LogP contribution < -0.4 is 10.2 Å². The van der Waals surface area contributed by atoms with Gasteiger partial charge in [0.15, 0.2) is 0 Å². The Hall–Kier alpha value is -2.91. The van der Waals surface area contributed by atoms with Gasteiger partial charge in [-0.1, -0.05) is 23.7 Å². The second kappa shape index (κ2) is 8.08. The number of fused-ring (bicyclic) bond motifs is 1. The Bertz CT molecular complexity index is 1080. The normalized spacial score (nSPS) is 20.5. The number of hydrogen-bond donors (Lipinski definition) is 1. The van der Waals surface area contributed by atoms with Gasteiger partial charge in [0, 0.05) is 11.1 Å². The molecule has 1 fully saturated rings. The summed E-state index contributed by atoms with van der Waals surface area (Å²) in [6.45, 7) is -0.425. The van der Waals surface area contributed by atoms with Gasteiger partial charge in [0.1, 0.15) is 23.4 Å². The number of benzene rings is 2. The number of thioether (sulfide) groups is 1. The quantitative estimate of drug-likeness (QED) is 0.765. The molecule has 0 aromatic heterocycles. The Kier molecular flexibility index (Phi) is 5.48. The monoisotopic (exact) mass is 449 g/mol. The molecule has 0 radical (unpaired) electrons. The number of nitrogens with zero attached hydrogens (tertiary/aromatic N) is 2. The van der Waals surface area contributed by atoms with Gasteiger partial charge in [0.25, 0.3) is 5.91 Å². The van der Waals surface area contributed by atoms with Gasteiger partial charge in [0.2, 0.25) is 5.91 Å². The van der Waals surface area contributed by atoms with Crippen LogP contribution in [0.15, 0.2) is 53.9 Å². The van der Waals surface area contributed by atoms with E-state index in [2.05, 4.69) is 5.32 Å². The summed E-state index contributed by atoms with van der Waals surface area (Å²) in [5, 5.41) is 3.77. The van der Waals surface area contributed by atoms with E-state index in [-0.39, 0.29) is 5.69 Å². The number of nitrogens with one attached hydrogen (secondary N) is 1. The number of hydrogen-bond acceptors (Lipinski definition) is 4. The number of carbonyl (C=O) groups is 3. The maximum absolute atomic E-state index is 13.8. The molecule has 10 heteroatoms. The molecule has 30 heavy (non-hydrogen) atoms. The van der Waals surface area contributed by atoms with Crippen LogP contribution in [0.3, 0.4) is 0 Å². The predicted octanol–water partition coefficient (Wildman–Crippen LogP) is 4.02. The number of anilines is 2. The van der Waals surface area contributed by atoms with Crippen molar-refractivity contribution in [2.45, 2.75) is 11.3 Å². The molecule has 2 aliphatic rings. The Morgan fingerprint density at radius 1 is 1.17 bits per heavy atom. The zero-order valence-corrected chi connectivity index (χ0v) is 16.8. The van der Waals surface area contributed by atoms with Crippen LogP contribution in [0.5, 0.6) is 0 Å². The molecule has 2 unspecified atom stereocenters. The summed E-state index contributed by atoms with van der Waals surface area (Å²) in [5.74, 6) is -2.80. The van der Waals surface area contributed by atoms with Crippen LogP contribution in [0.25, 0.3) is 0 Å². The topological polar surface area (TPSA) is 69.7 Å². The number of amides is 4. The van der Waals surface area contributed by atoms with Crippen molar-refractivity contribution in [2.75, 3.05) is 16.8 Å². The molecule has 2 aromatic rings. The van der Waals surface area contributed by atoms with E-state index in [1.807, 2.05) is 0 Å². The summed E-state index contributed by atoms with van der Waals surface area (Å²) >= 11 is 7.25. The number of carbonyl (C=O) groups excluding carboxylic acids is 3. The lowest BCUT2D eigenvalue weighted by molar-refractivity contribution is -0.121. The molecular formula is C20H14ClF2N3O3S. The first kappa shape index (κ1) is 20.4. The molecule has 0 spiro atoms. The molecule has 6 nitrogen and oxygen atoms in total. The first-order valence-electron chi connectivity index (χ1n) is 8.82. The van der Waals surface area contributed by atoms with Crippen molar-refractivity contribution < 1.29 is 23.2 Å². The third-order valence-corrected chi connectivity index (χ3v) is 5.98. The van der Waals surface area contributed by atoms with E-state index in [0.717, 1.165) is 17.0 Å². The first-order valence-corrected chi connectivity index (χ1v) is 10.1. The van der Waals surface area contributed by atoms with E-state index < -0.39 is 47.3 Å². The van der Waals surface area contributed by atoms with Crippen molar-refractivity contribution in [3.05, 3.63) is 70.6 Å². The van der Waals surface area contributed by atoms with Crippen LogP contribution >= 0.6 is 23.4 Å². The third kappa shape index (κ3) is 3.78. The average molecular weight is 450 g/mol. The van der Waals surface area contributed by atoms with Gasteiger partial charge in [-0.05, 0) is 35.7 Å². The van der Waals surface area contributed by atoms with Gasteiger partial charge in [-0.25, -0.2) is 18.5 Å². The van der Waals surface area contributed by atoms with Crippen LogP contribution in [-0.2, 0) is 9.59 Å². The zero-order chi connectivity index (χ0) is 21.4. The highest BCUT2D eigenvalue weighted by molar-refractivity contribution is 8.03. The number of imide groups is 1. The van der Waals surface area contributed by atoms with Crippen molar-refractivity contribution >= 4 is 52.6 Å². The second-order valence-corrected chi connectivity index (χ2v) is 8.10. The van der Waals surface area contributed by atoms with E-state index in [1.165, 1.54) is 22.7 Å². The zero-order valence-electron chi connectivity index (χ0n) is 15.2. The Labute approximate surface area is 179 Å². The molecule has 2 aromatic carbocycles. The van der Waals surface area contributed by atoms with E-state index in [0.29, 0.717) is 16.8 Å². The van der Waals surface area contributed by atoms with Crippen LogP contribution in [-0.4, -0.2) is 40.6 Å². The molecule has 2 aliphatic heterocycles. The van der Waals surface area contributed by atoms with Crippen LogP contribution in [0.2, 0.25) is 5.02 Å². The molecule has 0 saturated carbocycles. The van der Waals surface area contributed by atoms with E-state index in [9.17, 15) is 23.2 Å². The molecule has 0 bridgehead atoms. The van der Waals surface area contributed by atoms with Crippen LogP contribution in [0, 0.1) is 11.6 Å². The molecule has 4 amide bonds. The van der Waals surface area contributed by atoms with Crippen molar-refractivity contribution in [1.29, 1.82) is 0 Å². The molecule has 1 N–H and O–H groups in total. The molecule has 0 aliphatic carbocycles. The van der Waals surface area contributed by atoms with Crippen molar-refractivity contribution in [2.24, 2.45) is 0 Å². The lowest BCUT2D eigenvalue weighted by Crippen LogP contribution is -2.63. The number of urea groups is 1. The van der Waals surface area contributed by atoms with Gasteiger partial charge >= 0.3 is 6.03 Å². The van der Waals surface area contributed by atoms with Gasteiger partial charge in [0.05, 0.1) is 17.4 Å². The first-order chi connectivity index (χ1) is 14.3. The highest BCUT2D eigenvalue weighted by atomic mass is 35.5. The van der Waals surface area contributed by atoms with E-state index >= 15 is 0 Å². The standard InChI is InChI=1S/C20H14ClF2N3O3S/c21-11-2-1-3-13(8-11)26-19(28)18-16(6-7-30-18)25(20(26)29)10-17(27)24-15-5-4-12(22)9-14(15)23/h1-9,16,18H,10H2,(H,24,27). The van der Waals surface area contributed by atoms with Crippen LogP contribution in [0.4, 0.5) is 25.0 Å². The fourth-order valence-corrected chi connectivity index (χ4v) is 4.53. The summed E-state index contributed by atoms with van der Waals surface area (Å²) < 4.78 is 26.9.